The molecule has 0 unspecified atom stereocenters. The van der Waals surface area contributed by atoms with E-state index in [1.165, 1.54) is 5.56 Å². The molecule has 0 atom stereocenters. The molecule has 22 heavy (non-hydrogen) atoms. The van der Waals surface area contributed by atoms with E-state index in [1.54, 1.807) is 12.2 Å². The van der Waals surface area contributed by atoms with E-state index in [9.17, 15) is 5.11 Å². The quantitative estimate of drug-likeness (QED) is 0.349. The summed E-state index contributed by atoms with van der Waals surface area (Å²) in [6.45, 7) is 9.74. The predicted octanol–water partition coefficient (Wildman–Crippen LogP) is 5.38. The van der Waals surface area contributed by atoms with Crippen molar-refractivity contribution in [3.63, 3.8) is 0 Å². The Labute approximate surface area is 135 Å². The lowest BCUT2D eigenvalue weighted by Gasteiger charge is -2.28. The zero-order valence-corrected chi connectivity index (χ0v) is 13.7. The molecule has 0 aliphatic heterocycles. The van der Waals surface area contributed by atoms with Crippen LogP contribution in [0.2, 0.25) is 0 Å². The summed E-state index contributed by atoms with van der Waals surface area (Å²) in [5.74, 6) is 0. The molecule has 0 fully saturated rings. The molecular weight excluding hydrogens is 268 g/mol. The van der Waals surface area contributed by atoms with Gasteiger partial charge >= 0.3 is 0 Å². The van der Waals surface area contributed by atoms with Crippen LogP contribution in [0.25, 0.3) is 0 Å². The van der Waals surface area contributed by atoms with Crippen molar-refractivity contribution in [1.82, 2.24) is 0 Å². The van der Waals surface area contributed by atoms with Gasteiger partial charge in [-0.05, 0) is 37.3 Å². The van der Waals surface area contributed by atoms with Gasteiger partial charge in [0, 0.05) is 12.0 Å². The molecule has 1 aromatic carbocycles. The lowest BCUT2D eigenvalue weighted by Crippen LogP contribution is -2.30. The van der Waals surface area contributed by atoms with Crippen molar-refractivity contribution in [3.8, 4) is 0 Å². The Hall–Kier alpha value is -1.82. The average molecular weight is 296 g/mol. The summed E-state index contributed by atoms with van der Waals surface area (Å²) in [5.41, 5.74) is 4.51. The Morgan fingerprint density at radius 2 is 1.82 bits per heavy atom. The third kappa shape index (κ3) is 5.89. The standard InChI is InChI=1S/C21H28O/c1-4-7-8-12-15-20(18-19-13-10-9-11-14-19)21(22,16-5-2)17-6-3/h5-6,9-14,22H,2-4,7-8,16-18H2,1H3. The summed E-state index contributed by atoms with van der Waals surface area (Å²) in [7, 11) is 0. The van der Waals surface area contributed by atoms with Gasteiger partial charge in [0.2, 0.25) is 0 Å². The third-order valence-corrected chi connectivity index (χ3v) is 3.73. The number of hydrogen-bond donors (Lipinski definition) is 1. The van der Waals surface area contributed by atoms with Gasteiger partial charge < -0.3 is 5.11 Å². The van der Waals surface area contributed by atoms with E-state index in [-0.39, 0.29) is 0 Å². The van der Waals surface area contributed by atoms with Gasteiger partial charge in [0.1, 0.15) is 5.60 Å². The summed E-state index contributed by atoms with van der Waals surface area (Å²) in [6.07, 6.45) is 10.6. The molecule has 0 amide bonds. The molecule has 1 N–H and O–H groups in total. The largest absolute Gasteiger partial charge is 0.384 e. The maximum absolute atomic E-state index is 11.0. The van der Waals surface area contributed by atoms with E-state index in [1.807, 2.05) is 18.2 Å². The molecule has 0 spiro atoms. The third-order valence-electron chi connectivity index (χ3n) is 3.73. The number of unbranched alkanes of at least 4 members (excludes halogenated alkanes) is 2. The first-order chi connectivity index (χ1) is 10.7. The summed E-state index contributed by atoms with van der Waals surface area (Å²) in [4.78, 5) is 0. The Bertz CT molecular complexity index is 508. The van der Waals surface area contributed by atoms with Crippen molar-refractivity contribution in [2.45, 2.75) is 51.0 Å². The van der Waals surface area contributed by atoms with E-state index in [0.717, 1.165) is 24.8 Å². The smallest absolute Gasteiger partial charge is 0.100 e. The van der Waals surface area contributed by atoms with Crippen LogP contribution in [-0.2, 0) is 6.42 Å². The zero-order valence-electron chi connectivity index (χ0n) is 13.7. The van der Waals surface area contributed by atoms with Gasteiger partial charge in [-0.1, -0.05) is 55.8 Å². The number of hydrogen-bond acceptors (Lipinski definition) is 1. The van der Waals surface area contributed by atoms with Crippen molar-refractivity contribution < 1.29 is 5.11 Å². The molecule has 0 saturated heterocycles. The Morgan fingerprint density at radius 3 is 2.36 bits per heavy atom. The SMILES string of the molecule is C=CCC(O)(CC=C)C(=C=CCCCC)Cc1ccccc1. The van der Waals surface area contributed by atoms with Crippen LogP contribution in [0, 0.1) is 0 Å². The first kappa shape index (κ1) is 18.2. The topological polar surface area (TPSA) is 20.2 Å². The molecule has 0 aromatic heterocycles. The van der Waals surface area contributed by atoms with Gasteiger partial charge in [0.25, 0.3) is 0 Å². The second-order valence-electron chi connectivity index (χ2n) is 5.65. The van der Waals surface area contributed by atoms with Crippen LogP contribution >= 0.6 is 0 Å². The fourth-order valence-corrected chi connectivity index (χ4v) is 2.46. The minimum Gasteiger partial charge on any atom is -0.384 e. The summed E-state index contributed by atoms with van der Waals surface area (Å²) in [5, 5.41) is 11.0. The Morgan fingerprint density at radius 1 is 1.18 bits per heavy atom. The first-order valence-corrected chi connectivity index (χ1v) is 8.09. The lowest BCUT2D eigenvalue weighted by molar-refractivity contribution is 0.0826. The van der Waals surface area contributed by atoms with E-state index in [4.69, 9.17) is 0 Å². The van der Waals surface area contributed by atoms with Crippen molar-refractivity contribution in [3.05, 3.63) is 78.6 Å². The summed E-state index contributed by atoms with van der Waals surface area (Å²) in [6, 6.07) is 10.2. The molecule has 0 bridgehead atoms. The minimum atomic E-state index is -0.942. The van der Waals surface area contributed by atoms with Crippen LogP contribution in [0.3, 0.4) is 0 Å². The van der Waals surface area contributed by atoms with E-state index < -0.39 is 5.60 Å². The number of aliphatic hydroxyl groups is 1. The summed E-state index contributed by atoms with van der Waals surface area (Å²) < 4.78 is 0. The molecule has 0 heterocycles. The lowest BCUT2D eigenvalue weighted by atomic mass is 9.83. The normalized spacial score (nSPS) is 10.6. The van der Waals surface area contributed by atoms with Gasteiger partial charge in [-0.2, -0.15) is 0 Å². The summed E-state index contributed by atoms with van der Waals surface area (Å²) >= 11 is 0. The fourth-order valence-electron chi connectivity index (χ4n) is 2.46. The maximum Gasteiger partial charge on any atom is 0.100 e. The van der Waals surface area contributed by atoms with Crippen LogP contribution in [0.5, 0.6) is 0 Å². The van der Waals surface area contributed by atoms with Crippen molar-refractivity contribution in [2.75, 3.05) is 0 Å². The fraction of sp³-hybridized carbons (Fsp3) is 0.381. The van der Waals surface area contributed by atoms with Gasteiger partial charge in [-0.25, -0.2) is 0 Å². The van der Waals surface area contributed by atoms with Crippen molar-refractivity contribution in [1.29, 1.82) is 0 Å². The van der Waals surface area contributed by atoms with Crippen LogP contribution in [-0.4, -0.2) is 10.7 Å². The van der Waals surface area contributed by atoms with Crippen LogP contribution in [0.4, 0.5) is 0 Å². The van der Waals surface area contributed by atoms with E-state index in [2.05, 4.69) is 44.0 Å². The van der Waals surface area contributed by atoms with Gasteiger partial charge in [0.15, 0.2) is 0 Å². The van der Waals surface area contributed by atoms with Gasteiger partial charge in [-0.3, -0.25) is 0 Å². The average Bonchev–Trinajstić information content (AvgIpc) is 2.52. The highest BCUT2D eigenvalue weighted by molar-refractivity contribution is 5.28. The Kier molecular flexibility index (Phi) is 8.28. The molecule has 0 radical (unpaired) electrons. The predicted molar refractivity (Wildman–Crippen MR) is 95.8 cm³/mol. The molecule has 0 aliphatic carbocycles. The van der Waals surface area contributed by atoms with E-state index >= 15 is 0 Å². The first-order valence-electron chi connectivity index (χ1n) is 8.09. The van der Waals surface area contributed by atoms with Crippen LogP contribution in [0.1, 0.15) is 44.6 Å². The van der Waals surface area contributed by atoms with Crippen LogP contribution < -0.4 is 0 Å². The molecule has 0 saturated carbocycles. The van der Waals surface area contributed by atoms with Crippen molar-refractivity contribution >= 4 is 0 Å². The molecule has 0 aliphatic rings. The van der Waals surface area contributed by atoms with Crippen LogP contribution in [0.15, 0.2) is 73.0 Å². The van der Waals surface area contributed by atoms with E-state index in [0.29, 0.717) is 19.3 Å². The molecule has 1 aromatic rings. The Balaban J connectivity index is 3.10. The highest BCUT2D eigenvalue weighted by Gasteiger charge is 2.28. The van der Waals surface area contributed by atoms with Gasteiger partial charge in [0.05, 0.1) is 0 Å². The van der Waals surface area contributed by atoms with Gasteiger partial charge in [-0.15, -0.1) is 18.9 Å². The minimum absolute atomic E-state index is 0.510. The molecule has 1 heteroatoms. The molecule has 1 nitrogen and oxygen atoms in total. The molecule has 1 rings (SSSR count). The highest BCUT2D eigenvalue weighted by Crippen LogP contribution is 2.28. The maximum atomic E-state index is 11.0. The second kappa shape index (κ2) is 10.00. The van der Waals surface area contributed by atoms with Crippen molar-refractivity contribution in [2.24, 2.45) is 0 Å². The zero-order chi connectivity index (χ0) is 16.3. The molecular formula is C21H28O. The number of benzene rings is 1. The number of rotatable bonds is 10. The molecule has 118 valence electrons. The monoisotopic (exact) mass is 296 g/mol. The highest BCUT2D eigenvalue weighted by atomic mass is 16.3. The second-order valence-corrected chi connectivity index (χ2v) is 5.65.